The number of rotatable bonds is 6. The Morgan fingerprint density at radius 2 is 2.00 bits per heavy atom. The molecule has 1 aromatic rings. The van der Waals surface area contributed by atoms with Gasteiger partial charge in [0.1, 0.15) is 0 Å². The predicted molar refractivity (Wildman–Crippen MR) is 62.4 cm³/mol. The largest absolute Gasteiger partial charge is 0.480 e. The van der Waals surface area contributed by atoms with E-state index in [1.165, 1.54) is 5.56 Å². The molecule has 0 amide bonds. The smallest absolute Gasteiger partial charge is 0.317 e. The third-order valence-electron chi connectivity index (χ3n) is 2.93. The molecule has 0 aliphatic heterocycles. The molecule has 86 valence electrons. The van der Waals surface area contributed by atoms with Gasteiger partial charge in [-0.2, -0.15) is 0 Å². The van der Waals surface area contributed by atoms with Crippen LogP contribution in [0.3, 0.4) is 0 Å². The summed E-state index contributed by atoms with van der Waals surface area (Å²) < 4.78 is 0. The van der Waals surface area contributed by atoms with E-state index in [1.807, 2.05) is 18.2 Å². The van der Waals surface area contributed by atoms with E-state index in [4.69, 9.17) is 5.11 Å². The van der Waals surface area contributed by atoms with E-state index >= 15 is 0 Å². The normalized spacial score (nSPS) is 15.3. The zero-order chi connectivity index (χ0) is 11.4. The highest BCUT2D eigenvalue weighted by Gasteiger charge is 2.29. The first kappa shape index (κ1) is 11.1. The highest BCUT2D eigenvalue weighted by Crippen LogP contribution is 2.26. The van der Waals surface area contributed by atoms with Crippen molar-refractivity contribution in [2.24, 2.45) is 0 Å². The molecule has 0 heterocycles. The lowest BCUT2D eigenvalue weighted by molar-refractivity contribution is -0.138. The van der Waals surface area contributed by atoms with E-state index in [-0.39, 0.29) is 6.54 Å². The Morgan fingerprint density at radius 3 is 2.56 bits per heavy atom. The molecule has 1 saturated carbocycles. The number of carbonyl (C=O) groups is 1. The standard InChI is InChI=1S/C13H17NO2/c15-13(16)10-14(12-6-7-12)9-8-11-4-2-1-3-5-11/h1-5,12H,6-10H2,(H,15,16). The van der Waals surface area contributed by atoms with Gasteiger partial charge >= 0.3 is 5.97 Å². The van der Waals surface area contributed by atoms with Crippen molar-refractivity contribution in [3.8, 4) is 0 Å². The summed E-state index contributed by atoms with van der Waals surface area (Å²) in [5.74, 6) is -0.722. The first-order chi connectivity index (χ1) is 7.75. The van der Waals surface area contributed by atoms with E-state index in [9.17, 15) is 4.79 Å². The van der Waals surface area contributed by atoms with Gasteiger partial charge < -0.3 is 5.11 Å². The SMILES string of the molecule is O=C(O)CN(CCc1ccccc1)C1CC1. The van der Waals surface area contributed by atoms with Gasteiger partial charge in [0.15, 0.2) is 0 Å². The third kappa shape index (κ3) is 3.35. The summed E-state index contributed by atoms with van der Waals surface area (Å²) in [7, 11) is 0. The van der Waals surface area contributed by atoms with E-state index in [1.54, 1.807) is 0 Å². The second-order valence-electron chi connectivity index (χ2n) is 4.33. The highest BCUT2D eigenvalue weighted by molar-refractivity contribution is 5.69. The molecule has 0 spiro atoms. The van der Waals surface area contributed by atoms with Gasteiger partial charge in [-0.25, -0.2) is 0 Å². The molecule has 2 rings (SSSR count). The zero-order valence-corrected chi connectivity index (χ0v) is 9.30. The lowest BCUT2D eigenvalue weighted by Gasteiger charge is -2.19. The fraction of sp³-hybridized carbons (Fsp3) is 0.462. The van der Waals surface area contributed by atoms with Crippen molar-refractivity contribution in [3.63, 3.8) is 0 Å². The molecule has 0 saturated heterocycles. The first-order valence-electron chi connectivity index (χ1n) is 5.75. The van der Waals surface area contributed by atoms with Gasteiger partial charge in [0.25, 0.3) is 0 Å². The molecule has 1 fully saturated rings. The van der Waals surface area contributed by atoms with Crippen molar-refractivity contribution >= 4 is 5.97 Å². The van der Waals surface area contributed by atoms with Crippen molar-refractivity contribution in [1.82, 2.24) is 4.90 Å². The summed E-state index contributed by atoms with van der Waals surface area (Å²) in [5.41, 5.74) is 1.28. The zero-order valence-electron chi connectivity index (χ0n) is 9.30. The minimum absolute atomic E-state index is 0.178. The highest BCUT2D eigenvalue weighted by atomic mass is 16.4. The summed E-state index contributed by atoms with van der Waals surface area (Å²) in [6.07, 6.45) is 3.24. The lowest BCUT2D eigenvalue weighted by atomic mass is 10.1. The summed E-state index contributed by atoms with van der Waals surface area (Å²) >= 11 is 0. The average molecular weight is 219 g/mol. The van der Waals surface area contributed by atoms with Gasteiger partial charge in [0.2, 0.25) is 0 Å². The van der Waals surface area contributed by atoms with Crippen LogP contribution in [0, 0.1) is 0 Å². The fourth-order valence-electron chi connectivity index (χ4n) is 1.92. The first-order valence-corrected chi connectivity index (χ1v) is 5.75. The molecule has 1 N–H and O–H groups in total. The van der Waals surface area contributed by atoms with Crippen LogP contribution in [-0.2, 0) is 11.2 Å². The van der Waals surface area contributed by atoms with Gasteiger partial charge in [-0.1, -0.05) is 30.3 Å². The minimum atomic E-state index is -0.722. The molecule has 0 atom stereocenters. The van der Waals surface area contributed by atoms with E-state index in [2.05, 4.69) is 17.0 Å². The van der Waals surface area contributed by atoms with Crippen LogP contribution in [0.1, 0.15) is 18.4 Å². The van der Waals surface area contributed by atoms with Crippen LogP contribution in [0.4, 0.5) is 0 Å². The Morgan fingerprint density at radius 1 is 1.31 bits per heavy atom. The Balaban J connectivity index is 1.84. The number of hydrogen-bond acceptors (Lipinski definition) is 2. The van der Waals surface area contributed by atoms with Crippen molar-refractivity contribution in [1.29, 1.82) is 0 Å². The summed E-state index contributed by atoms with van der Waals surface area (Å²) in [6, 6.07) is 10.7. The molecule has 1 aliphatic rings. The Hall–Kier alpha value is -1.35. The van der Waals surface area contributed by atoms with Crippen molar-refractivity contribution in [2.75, 3.05) is 13.1 Å². The topological polar surface area (TPSA) is 40.5 Å². The molecule has 0 unspecified atom stereocenters. The maximum absolute atomic E-state index is 10.7. The van der Waals surface area contributed by atoms with Crippen molar-refractivity contribution in [3.05, 3.63) is 35.9 Å². The van der Waals surface area contributed by atoms with Gasteiger partial charge in [0.05, 0.1) is 6.54 Å². The number of carboxylic acids is 1. The molecule has 3 nitrogen and oxygen atoms in total. The minimum Gasteiger partial charge on any atom is -0.480 e. The number of hydrogen-bond donors (Lipinski definition) is 1. The summed E-state index contributed by atoms with van der Waals surface area (Å²) in [5, 5.41) is 8.82. The van der Waals surface area contributed by atoms with Crippen molar-refractivity contribution in [2.45, 2.75) is 25.3 Å². The number of nitrogens with zero attached hydrogens (tertiary/aromatic N) is 1. The quantitative estimate of drug-likeness (QED) is 0.792. The van der Waals surface area contributed by atoms with Gasteiger partial charge in [-0.15, -0.1) is 0 Å². The summed E-state index contributed by atoms with van der Waals surface area (Å²) in [6.45, 7) is 1.03. The van der Waals surface area contributed by atoms with Crippen LogP contribution < -0.4 is 0 Å². The number of carboxylic acid groups (broad SMARTS) is 1. The maximum Gasteiger partial charge on any atom is 0.317 e. The molecule has 1 aromatic carbocycles. The van der Waals surface area contributed by atoms with Crippen LogP contribution in [-0.4, -0.2) is 35.1 Å². The molecule has 0 bridgehead atoms. The molecule has 16 heavy (non-hydrogen) atoms. The predicted octanol–water partition coefficient (Wildman–Crippen LogP) is 1.78. The molecule has 0 aromatic heterocycles. The molecular weight excluding hydrogens is 202 g/mol. The maximum atomic E-state index is 10.7. The van der Waals surface area contributed by atoms with Crippen LogP contribution in [0.2, 0.25) is 0 Å². The molecule has 0 radical (unpaired) electrons. The van der Waals surface area contributed by atoms with Gasteiger partial charge in [0, 0.05) is 12.6 Å². The van der Waals surface area contributed by atoms with Crippen LogP contribution in [0.5, 0.6) is 0 Å². The molecule has 1 aliphatic carbocycles. The summed E-state index contributed by atoms with van der Waals surface area (Å²) in [4.78, 5) is 12.8. The van der Waals surface area contributed by atoms with E-state index in [0.29, 0.717) is 6.04 Å². The number of aliphatic carboxylic acids is 1. The van der Waals surface area contributed by atoms with Gasteiger partial charge in [-0.3, -0.25) is 9.69 Å². The second kappa shape index (κ2) is 5.12. The second-order valence-corrected chi connectivity index (χ2v) is 4.33. The van der Waals surface area contributed by atoms with Crippen LogP contribution >= 0.6 is 0 Å². The third-order valence-corrected chi connectivity index (χ3v) is 2.93. The van der Waals surface area contributed by atoms with Crippen LogP contribution in [0.15, 0.2) is 30.3 Å². The average Bonchev–Trinajstić information content (AvgIpc) is 3.09. The van der Waals surface area contributed by atoms with E-state index < -0.39 is 5.97 Å². The monoisotopic (exact) mass is 219 g/mol. The fourth-order valence-corrected chi connectivity index (χ4v) is 1.92. The number of benzene rings is 1. The Bertz CT molecular complexity index is 346. The van der Waals surface area contributed by atoms with E-state index in [0.717, 1.165) is 25.8 Å². The van der Waals surface area contributed by atoms with Gasteiger partial charge in [-0.05, 0) is 24.8 Å². The molecule has 3 heteroatoms. The Labute approximate surface area is 95.7 Å². The van der Waals surface area contributed by atoms with Crippen LogP contribution in [0.25, 0.3) is 0 Å². The van der Waals surface area contributed by atoms with Crippen molar-refractivity contribution < 1.29 is 9.90 Å². The lowest BCUT2D eigenvalue weighted by Crippen LogP contribution is -2.33. The Kier molecular flexibility index (Phi) is 3.57. The molecular formula is C13H17NO2.